The van der Waals surface area contributed by atoms with Crippen LogP contribution in [0, 0.1) is 0 Å². The molecular weight excluding hydrogens is 320 g/mol. The van der Waals surface area contributed by atoms with E-state index in [1.54, 1.807) is 36.5 Å². The van der Waals surface area contributed by atoms with Crippen LogP contribution in [-0.4, -0.2) is 22.9 Å². The number of hydrogen-bond donors (Lipinski definition) is 3. The number of anilines is 2. The van der Waals surface area contributed by atoms with Crippen LogP contribution in [0.15, 0.2) is 66.8 Å². The van der Waals surface area contributed by atoms with Crippen molar-refractivity contribution in [2.75, 3.05) is 10.6 Å². The van der Waals surface area contributed by atoms with Crippen LogP contribution in [0.2, 0.25) is 0 Å². The Balaban J connectivity index is 2.99. The van der Waals surface area contributed by atoms with Crippen molar-refractivity contribution >= 4 is 29.2 Å². The number of amides is 2. The van der Waals surface area contributed by atoms with Crippen LogP contribution in [0.5, 0.6) is 0 Å². The van der Waals surface area contributed by atoms with Crippen molar-refractivity contribution in [3.63, 3.8) is 0 Å². The normalized spacial score (nSPS) is 11.6. The highest BCUT2D eigenvalue weighted by atomic mass is 16.4. The van der Waals surface area contributed by atoms with Crippen LogP contribution in [0.1, 0.15) is 24.2 Å². The summed E-state index contributed by atoms with van der Waals surface area (Å²) in [5.41, 5.74) is 0.480. The molecule has 0 bridgehead atoms. The van der Waals surface area contributed by atoms with Crippen molar-refractivity contribution in [3.05, 3.63) is 72.4 Å². The molecule has 0 spiro atoms. The van der Waals surface area contributed by atoms with Crippen molar-refractivity contribution in [1.29, 1.82) is 0 Å². The van der Waals surface area contributed by atoms with Crippen molar-refractivity contribution in [2.24, 2.45) is 0 Å². The zero-order valence-corrected chi connectivity index (χ0v) is 14.0. The molecule has 0 aliphatic rings. The lowest BCUT2D eigenvalue weighted by atomic mass is 10.1. The predicted octanol–water partition coefficient (Wildman–Crippen LogP) is 3.53. The Hall–Kier alpha value is -3.41. The molecule has 1 aromatic carbocycles. The minimum atomic E-state index is -1.17. The van der Waals surface area contributed by atoms with Gasteiger partial charge in [-0.3, -0.25) is 9.59 Å². The molecular formula is C19H20N2O4. The van der Waals surface area contributed by atoms with Crippen molar-refractivity contribution < 1.29 is 19.5 Å². The summed E-state index contributed by atoms with van der Waals surface area (Å²) in [5, 5.41) is 14.3. The number of aromatic carboxylic acids is 1. The fourth-order valence-electron chi connectivity index (χ4n) is 1.77. The van der Waals surface area contributed by atoms with E-state index in [0.29, 0.717) is 0 Å². The van der Waals surface area contributed by atoms with E-state index >= 15 is 0 Å². The van der Waals surface area contributed by atoms with Crippen LogP contribution in [0.25, 0.3) is 0 Å². The third kappa shape index (κ3) is 7.60. The first-order valence-electron chi connectivity index (χ1n) is 7.55. The highest BCUT2D eigenvalue weighted by Crippen LogP contribution is 2.19. The minimum absolute atomic E-state index is 0.0528. The summed E-state index contributed by atoms with van der Waals surface area (Å²) in [5.74, 6) is -1.99. The SMILES string of the molecule is C/C=C/C=C/C(=O)Nc1cc(NC(=O)/C=C/C=C/C)cc(C(=O)O)c1. The van der Waals surface area contributed by atoms with Gasteiger partial charge in [0.15, 0.2) is 0 Å². The molecule has 6 nitrogen and oxygen atoms in total. The van der Waals surface area contributed by atoms with Crippen molar-refractivity contribution in [1.82, 2.24) is 0 Å². The molecule has 1 aromatic rings. The molecule has 0 radical (unpaired) electrons. The zero-order valence-electron chi connectivity index (χ0n) is 14.0. The average Bonchev–Trinajstić information content (AvgIpc) is 2.55. The van der Waals surface area contributed by atoms with Crippen LogP contribution in [-0.2, 0) is 9.59 Å². The number of nitrogens with one attached hydrogen (secondary N) is 2. The highest BCUT2D eigenvalue weighted by molar-refractivity contribution is 6.03. The fourth-order valence-corrected chi connectivity index (χ4v) is 1.77. The summed E-state index contributed by atoms with van der Waals surface area (Å²) >= 11 is 0. The number of carboxylic acid groups (broad SMARTS) is 1. The maximum absolute atomic E-state index is 11.8. The summed E-state index contributed by atoms with van der Waals surface area (Å²) in [4.78, 5) is 34.8. The van der Waals surface area contributed by atoms with Crippen LogP contribution in [0.3, 0.4) is 0 Å². The number of rotatable bonds is 7. The molecule has 6 heteroatoms. The predicted molar refractivity (Wildman–Crippen MR) is 98.6 cm³/mol. The van der Waals surface area contributed by atoms with Gasteiger partial charge in [-0.05, 0) is 32.0 Å². The first-order chi connectivity index (χ1) is 12.0. The fraction of sp³-hybridized carbons (Fsp3) is 0.105. The summed E-state index contributed by atoms with van der Waals surface area (Å²) < 4.78 is 0. The second-order valence-corrected chi connectivity index (χ2v) is 4.85. The molecule has 0 aliphatic heterocycles. The number of hydrogen-bond acceptors (Lipinski definition) is 3. The van der Waals surface area contributed by atoms with E-state index in [9.17, 15) is 19.5 Å². The molecule has 0 atom stereocenters. The van der Waals surface area contributed by atoms with Gasteiger partial charge in [-0.2, -0.15) is 0 Å². The first-order valence-corrected chi connectivity index (χ1v) is 7.55. The number of benzene rings is 1. The Morgan fingerprint density at radius 2 is 1.24 bits per heavy atom. The molecule has 2 amide bonds. The lowest BCUT2D eigenvalue weighted by Crippen LogP contribution is -2.12. The van der Waals surface area contributed by atoms with Crippen LogP contribution >= 0.6 is 0 Å². The molecule has 0 aromatic heterocycles. The Morgan fingerprint density at radius 3 is 1.60 bits per heavy atom. The lowest BCUT2D eigenvalue weighted by molar-refractivity contribution is -0.112. The van der Waals surface area contributed by atoms with Gasteiger partial charge < -0.3 is 15.7 Å². The number of allylic oxidation sites excluding steroid dienone is 6. The lowest BCUT2D eigenvalue weighted by Gasteiger charge is -2.08. The Labute approximate surface area is 146 Å². The largest absolute Gasteiger partial charge is 0.478 e. The first kappa shape index (κ1) is 19.6. The van der Waals surface area contributed by atoms with Gasteiger partial charge in [-0.1, -0.05) is 36.5 Å². The quantitative estimate of drug-likeness (QED) is 0.523. The molecule has 0 aliphatic carbocycles. The molecule has 25 heavy (non-hydrogen) atoms. The summed E-state index contributed by atoms with van der Waals surface area (Å²) in [6, 6.07) is 4.11. The molecule has 130 valence electrons. The molecule has 0 unspecified atom stereocenters. The molecule has 1 rings (SSSR count). The van der Waals surface area contributed by atoms with Gasteiger partial charge in [0.25, 0.3) is 0 Å². The van der Waals surface area contributed by atoms with Gasteiger partial charge >= 0.3 is 5.97 Å². The number of carbonyl (C=O) groups excluding carboxylic acids is 2. The molecule has 0 saturated carbocycles. The average molecular weight is 340 g/mol. The molecule has 0 saturated heterocycles. The zero-order chi connectivity index (χ0) is 18.7. The number of carbonyl (C=O) groups is 3. The van der Waals surface area contributed by atoms with Gasteiger partial charge in [0.1, 0.15) is 0 Å². The molecule has 3 N–H and O–H groups in total. The van der Waals surface area contributed by atoms with Gasteiger partial charge in [-0.15, -0.1) is 0 Å². The van der Waals surface area contributed by atoms with E-state index in [4.69, 9.17) is 0 Å². The van der Waals surface area contributed by atoms with Gasteiger partial charge in [0.2, 0.25) is 11.8 Å². The summed E-state index contributed by atoms with van der Waals surface area (Å²) in [6.07, 6.45) is 12.7. The summed E-state index contributed by atoms with van der Waals surface area (Å²) in [6.45, 7) is 3.64. The van der Waals surface area contributed by atoms with E-state index < -0.39 is 17.8 Å². The number of carboxylic acids is 1. The third-order valence-electron chi connectivity index (χ3n) is 2.82. The van der Waals surface area contributed by atoms with Crippen molar-refractivity contribution in [2.45, 2.75) is 13.8 Å². The Morgan fingerprint density at radius 1 is 0.800 bits per heavy atom. The smallest absolute Gasteiger partial charge is 0.335 e. The Kier molecular flexibility index (Phi) is 8.15. The molecule has 0 fully saturated rings. The van der Waals surface area contributed by atoms with Crippen molar-refractivity contribution in [3.8, 4) is 0 Å². The van der Waals surface area contributed by atoms with E-state index in [0.717, 1.165) is 0 Å². The second-order valence-electron chi connectivity index (χ2n) is 4.85. The van der Waals surface area contributed by atoms with Crippen LogP contribution in [0.4, 0.5) is 11.4 Å². The third-order valence-corrected chi connectivity index (χ3v) is 2.82. The second kappa shape index (κ2) is 10.4. The maximum Gasteiger partial charge on any atom is 0.335 e. The van der Waals surface area contributed by atoms with Gasteiger partial charge in [-0.25, -0.2) is 4.79 Å². The highest BCUT2D eigenvalue weighted by Gasteiger charge is 2.09. The van der Waals surface area contributed by atoms with Crippen LogP contribution < -0.4 is 10.6 Å². The van der Waals surface area contributed by atoms with E-state index in [1.165, 1.54) is 30.4 Å². The maximum atomic E-state index is 11.8. The van der Waals surface area contributed by atoms with E-state index in [2.05, 4.69) is 10.6 Å². The minimum Gasteiger partial charge on any atom is -0.478 e. The van der Waals surface area contributed by atoms with E-state index in [1.807, 2.05) is 13.8 Å². The monoisotopic (exact) mass is 340 g/mol. The topological polar surface area (TPSA) is 95.5 Å². The molecule has 0 heterocycles. The van der Waals surface area contributed by atoms with E-state index in [-0.39, 0.29) is 16.9 Å². The van der Waals surface area contributed by atoms with Gasteiger partial charge in [0.05, 0.1) is 5.56 Å². The standard InChI is InChI=1S/C19H20N2O4/c1-3-5-7-9-17(22)20-15-11-14(19(24)25)12-16(13-15)21-18(23)10-8-6-4-2/h3-13H,1-2H3,(H,20,22)(H,21,23)(H,24,25)/b5-3+,6-4+,9-7+,10-8+. The summed E-state index contributed by atoms with van der Waals surface area (Å²) in [7, 11) is 0. The van der Waals surface area contributed by atoms with Gasteiger partial charge in [0, 0.05) is 23.5 Å². The Bertz CT molecular complexity index is 704.